The van der Waals surface area contributed by atoms with Gasteiger partial charge in [-0.1, -0.05) is 60.1 Å². The summed E-state index contributed by atoms with van der Waals surface area (Å²) < 4.78 is 18.3. The molecule has 0 aliphatic rings. The van der Waals surface area contributed by atoms with Gasteiger partial charge in [-0.15, -0.1) is 0 Å². The predicted octanol–water partition coefficient (Wildman–Crippen LogP) is 5.80. The number of aryl methyl sites for hydroxylation is 1. The van der Waals surface area contributed by atoms with E-state index in [0.29, 0.717) is 36.9 Å². The van der Waals surface area contributed by atoms with Gasteiger partial charge in [0.1, 0.15) is 18.4 Å². The first kappa shape index (κ1) is 30.7. The second-order valence-electron chi connectivity index (χ2n) is 9.59. The molecule has 0 aliphatic heterocycles. The Kier molecular flexibility index (Phi) is 12.0. The number of nitrogens with zero attached hydrogens (tertiary/aromatic N) is 1. The lowest BCUT2D eigenvalue weighted by molar-refractivity contribution is -0.130. The highest BCUT2D eigenvalue weighted by molar-refractivity contribution is 9.10. The van der Waals surface area contributed by atoms with Gasteiger partial charge in [0.15, 0.2) is 18.1 Å². The van der Waals surface area contributed by atoms with Crippen LogP contribution in [0.15, 0.2) is 76.3 Å². The second-order valence-corrected chi connectivity index (χ2v) is 10.5. The van der Waals surface area contributed by atoms with Gasteiger partial charge >= 0.3 is 0 Å². The monoisotopic (exact) mass is 609 g/mol. The summed E-state index contributed by atoms with van der Waals surface area (Å²) in [5.41, 5.74) is 5.22. The highest BCUT2D eigenvalue weighted by Crippen LogP contribution is 2.29. The van der Waals surface area contributed by atoms with Gasteiger partial charge in [-0.25, -0.2) is 5.43 Å². The molecule has 212 valence electrons. The average Bonchev–Trinajstić information content (AvgIpc) is 2.92. The maximum Gasteiger partial charge on any atom is 0.262 e. The number of halogens is 1. The van der Waals surface area contributed by atoms with Crippen molar-refractivity contribution in [3.63, 3.8) is 0 Å². The molecule has 0 aliphatic carbocycles. The Morgan fingerprint density at radius 1 is 0.950 bits per heavy atom. The van der Waals surface area contributed by atoms with Gasteiger partial charge in [0, 0.05) is 4.47 Å². The number of hydrazone groups is 1. The first-order valence-corrected chi connectivity index (χ1v) is 14.0. The normalized spacial score (nSPS) is 11.8. The molecule has 3 rings (SSSR count). The van der Waals surface area contributed by atoms with Gasteiger partial charge < -0.3 is 19.5 Å². The Hall–Kier alpha value is -3.85. The van der Waals surface area contributed by atoms with E-state index in [0.717, 1.165) is 21.2 Å². The van der Waals surface area contributed by atoms with Crippen molar-refractivity contribution in [3.05, 3.63) is 87.9 Å². The number of carbonyl (C=O) groups is 2. The molecule has 40 heavy (non-hydrogen) atoms. The summed E-state index contributed by atoms with van der Waals surface area (Å²) in [6.45, 7) is 8.44. The molecule has 3 aromatic rings. The van der Waals surface area contributed by atoms with Crippen LogP contribution in [0.5, 0.6) is 17.2 Å². The first-order valence-electron chi connectivity index (χ1n) is 13.2. The maximum atomic E-state index is 12.9. The van der Waals surface area contributed by atoms with Gasteiger partial charge in [-0.3, -0.25) is 9.59 Å². The van der Waals surface area contributed by atoms with Crippen LogP contribution in [-0.2, 0) is 16.2 Å². The Morgan fingerprint density at radius 2 is 1.70 bits per heavy atom. The van der Waals surface area contributed by atoms with Crippen molar-refractivity contribution in [2.75, 3.05) is 13.2 Å². The number of benzene rings is 3. The molecule has 2 amide bonds. The lowest BCUT2D eigenvalue weighted by Crippen LogP contribution is -2.47. The van der Waals surface area contributed by atoms with Crippen LogP contribution in [0.25, 0.3) is 0 Å². The Labute approximate surface area is 244 Å². The van der Waals surface area contributed by atoms with Gasteiger partial charge in [0.05, 0.1) is 12.8 Å². The zero-order valence-corrected chi connectivity index (χ0v) is 24.9. The van der Waals surface area contributed by atoms with E-state index in [1.54, 1.807) is 12.1 Å². The van der Waals surface area contributed by atoms with Crippen LogP contribution in [0.3, 0.4) is 0 Å². The van der Waals surface area contributed by atoms with Gasteiger partial charge in [0.2, 0.25) is 0 Å². The number of nitrogens with one attached hydrogen (secondary N) is 2. The van der Waals surface area contributed by atoms with Crippen LogP contribution in [-0.4, -0.2) is 37.3 Å². The number of carbonyl (C=O) groups excluding carboxylic acids is 2. The van der Waals surface area contributed by atoms with E-state index in [4.69, 9.17) is 14.2 Å². The molecule has 0 aromatic heterocycles. The molecule has 0 radical (unpaired) electrons. The number of hydrogen-bond donors (Lipinski definition) is 2. The Morgan fingerprint density at radius 3 is 2.40 bits per heavy atom. The number of ether oxygens (including phenoxy) is 3. The molecule has 9 heteroatoms. The van der Waals surface area contributed by atoms with Crippen LogP contribution < -0.4 is 25.0 Å². The van der Waals surface area contributed by atoms with E-state index in [2.05, 4.69) is 31.8 Å². The third-order valence-corrected chi connectivity index (χ3v) is 6.30. The molecular weight excluding hydrogens is 574 g/mol. The van der Waals surface area contributed by atoms with Gasteiger partial charge in [-0.2, -0.15) is 5.10 Å². The van der Waals surface area contributed by atoms with E-state index in [9.17, 15) is 9.59 Å². The van der Waals surface area contributed by atoms with Gasteiger partial charge in [0.25, 0.3) is 11.8 Å². The van der Waals surface area contributed by atoms with Gasteiger partial charge in [-0.05, 0) is 79.3 Å². The number of amides is 2. The largest absolute Gasteiger partial charge is 0.490 e. The van der Waals surface area contributed by atoms with Crippen LogP contribution >= 0.6 is 15.9 Å². The van der Waals surface area contributed by atoms with Crippen molar-refractivity contribution >= 4 is 34.0 Å². The fourth-order valence-electron chi connectivity index (χ4n) is 3.78. The lowest BCUT2D eigenvalue weighted by atomic mass is 10.0. The standard InChI is InChI=1S/C31H36BrN3O5/c1-5-38-29-17-24(12-15-28(29)39-19-23-10-13-25(32)14-11-23)18-33-35-31(37)26(16-21(2)3)34-30(36)20-40-27-9-7-6-8-22(27)4/h6-15,17-18,21,26H,5,16,19-20H2,1-4H3,(H,34,36)(H,35,37)/b33-18-/t26-/m0/s1. The number of hydrogen-bond acceptors (Lipinski definition) is 6. The second kappa shape index (κ2) is 15.7. The Bertz CT molecular complexity index is 1290. The van der Waals surface area contributed by atoms with Crippen molar-refractivity contribution in [2.24, 2.45) is 11.0 Å². The summed E-state index contributed by atoms with van der Waals surface area (Å²) in [5, 5.41) is 6.87. The molecule has 0 spiro atoms. The number of rotatable bonds is 14. The van der Waals surface area contributed by atoms with Crippen LogP contribution in [0, 0.1) is 12.8 Å². The van der Waals surface area contributed by atoms with Crippen molar-refractivity contribution in [2.45, 2.75) is 46.8 Å². The molecular formula is C31H36BrN3O5. The highest BCUT2D eigenvalue weighted by atomic mass is 79.9. The van der Waals surface area contributed by atoms with Crippen LogP contribution in [0.1, 0.15) is 43.9 Å². The van der Waals surface area contributed by atoms with E-state index in [1.807, 2.05) is 82.3 Å². The summed E-state index contributed by atoms with van der Waals surface area (Å²) in [6.07, 6.45) is 1.98. The highest BCUT2D eigenvalue weighted by Gasteiger charge is 2.22. The molecule has 0 heterocycles. The summed E-state index contributed by atoms with van der Waals surface area (Å²) >= 11 is 3.43. The van der Waals surface area contributed by atoms with Crippen molar-refractivity contribution < 1.29 is 23.8 Å². The van der Waals surface area contributed by atoms with E-state index < -0.39 is 11.9 Å². The van der Waals surface area contributed by atoms with Crippen LogP contribution in [0.4, 0.5) is 0 Å². The summed E-state index contributed by atoms with van der Waals surface area (Å²) in [4.78, 5) is 25.4. The lowest BCUT2D eigenvalue weighted by Gasteiger charge is -2.19. The summed E-state index contributed by atoms with van der Waals surface area (Å²) in [5.74, 6) is 1.20. The van der Waals surface area contributed by atoms with Crippen molar-refractivity contribution in [1.82, 2.24) is 10.7 Å². The molecule has 0 bridgehead atoms. The fourth-order valence-corrected chi connectivity index (χ4v) is 4.05. The molecule has 1 atom stereocenters. The van der Waals surface area contributed by atoms with Crippen LogP contribution in [0.2, 0.25) is 0 Å². The molecule has 0 saturated heterocycles. The van der Waals surface area contributed by atoms with Crippen molar-refractivity contribution in [3.8, 4) is 17.2 Å². The predicted molar refractivity (Wildman–Crippen MR) is 160 cm³/mol. The first-order chi connectivity index (χ1) is 19.2. The molecule has 2 N–H and O–H groups in total. The third kappa shape index (κ3) is 10.0. The minimum atomic E-state index is -0.751. The minimum Gasteiger partial charge on any atom is -0.490 e. The van der Waals surface area contributed by atoms with Crippen molar-refractivity contribution in [1.29, 1.82) is 0 Å². The smallest absolute Gasteiger partial charge is 0.262 e. The molecule has 0 unspecified atom stereocenters. The summed E-state index contributed by atoms with van der Waals surface area (Å²) in [6, 6.07) is 20.0. The molecule has 0 saturated carbocycles. The topological polar surface area (TPSA) is 98.2 Å². The fraction of sp³-hybridized carbons (Fsp3) is 0.323. The Balaban J connectivity index is 1.58. The minimum absolute atomic E-state index is 0.177. The molecule has 0 fully saturated rings. The summed E-state index contributed by atoms with van der Waals surface area (Å²) in [7, 11) is 0. The van der Waals surface area contributed by atoms with E-state index in [-0.39, 0.29) is 18.4 Å². The quantitative estimate of drug-likeness (QED) is 0.178. The number of para-hydroxylation sites is 1. The van der Waals surface area contributed by atoms with E-state index >= 15 is 0 Å². The molecule has 8 nitrogen and oxygen atoms in total. The van der Waals surface area contributed by atoms with E-state index in [1.165, 1.54) is 6.21 Å². The molecule has 3 aromatic carbocycles. The zero-order valence-electron chi connectivity index (χ0n) is 23.3. The zero-order chi connectivity index (χ0) is 28.9. The maximum absolute atomic E-state index is 12.9. The SMILES string of the molecule is CCOc1cc(/C=N\NC(=O)[C@H](CC(C)C)NC(=O)COc2ccccc2C)ccc1OCc1ccc(Br)cc1. The third-order valence-electron chi connectivity index (χ3n) is 5.77. The average molecular weight is 611 g/mol.